The Bertz CT molecular complexity index is 286. The molecule has 0 spiro atoms. The summed E-state index contributed by atoms with van der Waals surface area (Å²) in [4.78, 5) is 6.92. The number of nitrogens with zero attached hydrogens (tertiary/aromatic N) is 2. The predicted molar refractivity (Wildman–Crippen MR) is 65.2 cm³/mol. The third kappa shape index (κ3) is 3.51. The van der Waals surface area contributed by atoms with Crippen LogP contribution in [0.15, 0.2) is 18.2 Å². The van der Waals surface area contributed by atoms with Gasteiger partial charge in [0.25, 0.3) is 0 Å². The molecule has 1 aromatic rings. The summed E-state index contributed by atoms with van der Waals surface area (Å²) in [7, 11) is 1.94. The molecule has 0 aliphatic heterocycles. The highest BCUT2D eigenvalue weighted by Crippen LogP contribution is 2.11. The topological polar surface area (TPSA) is 28.2 Å². The molecule has 3 nitrogen and oxygen atoms in total. The second-order valence-electron chi connectivity index (χ2n) is 3.60. The molecule has 0 radical (unpaired) electrons. The zero-order valence-corrected chi connectivity index (χ0v) is 9.95. The average Bonchev–Trinajstić information content (AvgIpc) is 2.27. The Balaban J connectivity index is 2.77. The molecule has 0 saturated carbocycles. The molecule has 0 aromatic carbocycles. The quantitative estimate of drug-likeness (QED) is 0.773. The van der Waals surface area contributed by atoms with Gasteiger partial charge in [-0.2, -0.15) is 0 Å². The van der Waals surface area contributed by atoms with E-state index in [-0.39, 0.29) is 0 Å². The van der Waals surface area contributed by atoms with Crippen LogP contribution in [-0.2, 0) is 6.54 Å². The van der Waals surface area contributed by atoms with Gasteiger partial charge < -0.3 is 10.2 Å². The number of aromatic nitrogens is 1. The van der Waals surface area contributed by atoms with Crippen molar-refractivity contribution in [3.8, 4) is 0 Å². The van der Waals surface area contributed by atoms with Crippen molar-refractivity contribution < 1.29 is 0 Å². The van der Waals surface area contributed by atoms with Crippen LogP contribution >= 0.6 is 0 Å². The lowest BCUT2D eigenvalue weighted by atomic mass is 10.3. The lowest BCUT2D eigenvalue weighted by molar-refractivity contribution is 0.756. The van der Waals surface area contributed by atoms with E-state index in [2.05, 4.69) is 47.2 Å². The third-order valence-corrected chi connectivity index (χ3v) is 2.35. The van der Waals surface area contributed by atoms with Crippen LogP contribution < -0.4 is 10.2 Å². The van der Waals surface area contributed by atoms with E-state index in [1.54, 1.807) is 0 Å². The fraction of sp³-hybridized carbons (Fsp3) is 0.583. The summed E-state index contributed by atoms with van der Waals surface area (Å²) < 4.78 is 0. The van der Waals surface area contributed by atoms with Gasteiger partial charge in [-0.25, -0.2) is 4.98 Å². The van der Waals surface area contributed by atoms with Crippen molar-refractivity contribution in [2.45, 2.75) is 26.8 Å². The van der Waals surface area contributed by atoms with Crippen LogP contribution in [0.3, 0.4) is 0 Å². The van der Waals surface area contributed by atoms with E-state index in [0.29, 0.717) is 0 Å². The summed E-state index contributed by atoms with van der Waals surface area (Å²) in [5, 5.41) is 3.12. The van der Waals surface area contributed by atoms with E-state index < -0.39 is 0 Å². The van der Waals surface area contributed by atoms with Crippen molar-refractivity contribution in [2.24, 2.45) is 0 Å². The molecule has 3 heteroatoms. The number of hydrogen-bond acceptors (Lipinski definition) is 3. The Labute approximate surface area is 92.5 Å². The lowest BCUT2D eigenvalue weighted by Crippen LogP contribution is -2.24. The van der Waals surface area contributed by atoms with Crippen molar-refractivity contribution in [3.63, 3.8) is 0 Å². The first-order valence-electron chi connectivity index (χ1n) is 5.67. The Morgan fingerprint density at radius 2 is 2.13 bits per heavy atom. The van der Waals surface area contributed by atoms with Crippen LogP contribution in [0.4, 0.5) is 5.82 Å². The zero-order chi connectivity index (χ0) is 11.1. The molecule has 1 rings (SSSR count). The fourth-order valence-corrected chi connectivity index (χ4v) is 1.63. The first kappa shape index (κ1) is 12.0. The summed E-state index contributed by atoms with van der Waals surface area (Å²) in [5.74, 6) is 1.09. The molecule has 0 aliphatic rings. The number of anilines is 1. The van der Waals surface area contributed by atoms with Gasteiger partial charge in [-0.3, -0.25) is 0 Å². The second-order valence-corrected chi connectivity index (χ2v) is 3.60. The monoisotopic (exact) mass is 207 g/mol. The maximum absolute atomic E-state index is 4.62. The Kier molecular flexibility index (Phi) is 5.12. The van der Waals surface area contributed by atoms with Crippen molar-refractivity contribution in [1.82, 2.24) is 10.3 Å². The highest BCUT2D eigenvalue weighted by atomic mass is 15.2. The van der Waals surface area contributed by atoms with E-state index in [9.17, 15) is 0 Å². The minimum atomic E-state index is 0.831. The van der Waals surface area contributed by atoms with Crippen LogP contribution in [0.1, 0.15) is 26.0 Å². The summed E-state index contributed by atoms with van der Waals surface area (Å²) in [6, 6.07) is 6.21. The molecule has 1 heterocycles. The fourth-order valence-electron chi connectivity index (χ4n) is 1.63. The molecule has 0 unspecified atom stereocenters. The maximum atomic E-state index is 4.62. The molecular formula is C12H21N3. The first-order chi connectivity index (χ1) is 7.31. The molecule has 84 valence electrons. The zero-order valence-electron chi connectivity index (χ0n) is 9.95. The Morgan fingerprint density at radius 1 is 1.33 bits per heavy atom. The molecule has 0 fully saturated rings. The number of pyridine rings is 1. The van der Waals surface area contributed by atoms with E-state index in [0.717, 1.165) is 37.6 Å². The van der Waals surface area contributed by atoms with Crippen molar-refractivity contribution in [3.05, 3.63) is 23.9 Å². The average molecular weight is 207 g/mol. The molecule has 1 aromatic heterocycles. The van der Waals surface area contributed by atoms with Crippen molar-refractivity contribution >= 4 is 5.82 Å². The van der Waals surface area contributed by atoms with Gasteiger partial charge in [-0.05, 0) is 32.5 Å². The van der Waals surface area contributed by atoms with Crippen molar-refractivity contribution in [1.29, 1.82) is 0 Å². The SMILES string of the molecule is CCCN(CC)c1cccc(CNC)n1. The van der Waals surface area contributed by atoms with Gasteiger partial charge in [0.05, 0.1) is 5.69 Å². The smallest absolute Gasteiger partial charge is 0.128 e. The maximum Gasteiger partial charge on any atom is 0.128 e. The lowest BCUT2D eigenvalue weighted by Gasteiger charge is -2.21. The van der Waals surface area contributed by atoms with Crippen LogP contribution in [0, 0.1) is 0 Å². The first-order valence-corrected chi connectivity index (χ1v) is 5.67. The van der Waals surface area contributed by atoms with Gasteiger partial charge in [-0.1, -0.05) is 13.0 Å². The highest BCUT2D eigenvalue weighted by molar-refractivity contribution is 5.38. The highest BCUT2D eigenvalue weighted by Gasteiger charge is 2.04. The van der Waals surface area contributed by atoms with Gasteiger partial charge in [0, 0.05) is 19.6 Å². The van der Waals surface area contributed by atoms with Gasteiger partial charge in [-0.15, -0.1) is 0 Å². The predicted octanol–water partition coefficient (Wildman–Crippen LogP) is 2.04. The molecule has 0 saturated heterocycles. The molecule has 0 aliphatic carbocycles. The minimum absolute atomic E-state index is 0.831. The molecular weight excluding hydrogens is 186 g/mol. The second kappa shape index (κ2) is 6.40. The van der Waals surface area contributed by atoms with Gasteiger partial charge >= 0.3 is 0 Å². The molecule has 0 atom stereocenters. The Morgan fingerprint density at radius 3 is 2.73 bits per heavy atom. The molecule has 15 heavy (non-hydrogen) atoms. The van der Waals surface area contributed by atoms with Gasteiger partial charge in [0.1, 0.15) is 5.82 Å². The van der Waals surface area contributed by atoms with Crippen LogP contribution in [0.5, 0.6) is 0 Å². The van der Waals surface area contributed by atoms with Crippen LogP contribution in [-0.4, -0.2) is 25.1 Å². The number of hydrogen-bond donors (Lipinski definition) is 1. The molecule has 0 amide bonds. The van der Waals surface area contributed by atoms with Crippen LogP contribution in [0.2, 0.25) is 0 Å². The molecule has 0 bridgehead atoms. The number of nitrogens with one attached hydrogen (secondary N) is 1. The van der Waals surface area contributed by atoms with Gasteiger partial charge in [0.15, 0.2) is 0 Å². The summed E-state index contributed by atoms with van der Waals surface area (Å²) in [6.07, 6.45) is 1.16. The molecule has 1 N–H and O–H groups in total. The van der Waals surface area contributed by atoms with E-state index in [4.69, 9.17) is 0 Å². The summed E-state index contributed by atoms with van der Waals surface area (Å²) in [5.41, 5.74) is 1.10. The van der Waals surface area contributed by atoms with E-state index >= 15 is 0 Å². The van der Waals surface area contributed by atoms with Crippen molar-refractivity contribution in [2.75, 3.05) is 25.0 Å². The standard InChI is InChI=1S/C12H21N3/c1-4-9-15(5-2)12-8-6-7-11(14-12)10-13-3/h6-8,13H,4-5,9-10H2,1-3H3. The Hall–Kier alpha value is -1.09. The summed E-state index contributed by atoms with van der Waals surface area (Å²) in [6.45, 7) is 7.29. The number of rotatable bonds is 6. The third-order valence-electron chi connectivity index (χ3n) is 2.35. The van der Waals surface area contributed by atoms with E-state index in [1.165, 1.54) is 0 Å². The van der Waals surface area contributed by atoms with E-state index in [1.807, 2.05) is 7.05 Å². The summed E-state index contributed by atoms with van der Waals surface area (Å²) >= 11 is 0. The minimum Gasteiger partial charge on any atom is -0.357 e. The normalized spacial score (nSPS) is 10.3. The largest absolute Gasteiger partial charge is 0.357 e. The van der Waals surface area contributed by atoms with Gasteiger partial charge in [0.2, 0.25) is 0 Å². The van der Waals surface area contributed by atoms with Crippen LogP contribution in [0.25, 0.3) is 0 Å².